The van der Waals surface area contributed by atoms with Crippen LogP contribution in [-0.4, -0.2) is 48.0 Å². The predicted octanol–water partition coefficient (Wildman–Crippen LogP) is 2.02. The van der Waals surface area contributed by atoms with Crippen molar-refractivity contribution in [2.75, 3.05) is 31.1 Å². The second-order valence-corrected chi connectivity index (χ2v) is 7.73. The number of carbonyl (C=O) groups excluding carboxylic acids is 1. The lowest BCUT2D eigenvalue weighted by Gasteiger charge is -2.34. The Kier molecular flexibility index (Phi) is 5.97. The third-order valence-electron chi connectivity index (χ3n) is 5.06. The molecule has 1 saturated heterocycles. The zero-order valence-electron chi connectivity index (χ0n) is 13.6. The summed E-state index contributed by atoms with van der Waals surface area (Å²) < 4.78 is 0. The largest absolute Gasteiger partial charge is 0.351 e. The van der Waals surface area contributed by atoms with Gasteiger partial charge in [-0.25, -0.2) is 0 Å². The van der Waals surface area contributed by atoms with Crippen molar-refractivity contribution in [2.24, 2.45) is 11.7 Å². The number of benzene rings is 1. The molecule has 1 aliphatic heterocycles. The molecule has 0 spiro atoms. The van der Waals surface area contributed by atoms with Crippen LogP contribution in [0.3, 0.4) is 0 Å². The first-order valence-corrected chi connectivity index (χ1v) is 9.82. The van der Waals surface area contributed by atoms with Gasteiger partial charge < -0.3 is 11.1 Å². The maximum absolute atomic E-state index is 13.1. The molecule has 0 bridgehead atoms. The Labute approximate surface area is 143 Å². The lowest BCUT2D eigenvalue weighted by Crippen LogP contribution is -2.48. The Bertz CT molecular complexity index is 504. The van der Waals surface area contributed by atoms with Crippen molar-refractivity contribution in [1.29, 1.82) is 0 Å². The van der Waals surface area contributed by atoms with E-state index in [-0.39, 0.29) is 18.0 Å². The van der Waals surface area contributed by atoms with E-state index in [4.69, 9.17) is 5.73 Å². The normalized spacial score (nSPS) is 26.8. The zero-order chi connectivity index (χ0) is 16.1. The fraction of sp³-hybridized carbons (Fsp3) is 0.611. The number of nitrogens with zero attached hydrogens (tertiary/aromatic N) is 1. The molecule has 0 radical (unpaired) electrons. The summed E-state index contributed by atoms with van der Waals surface area (Å²) in [6.45, 7) is 2.62. The van der Waals surface area contributed by atoms with Gasteiger partial charge in [0, 0.05) is 30.6 Å². The minimum Gasteiger partial charge on any atom is -0.351 e. The summed E-state index contributed by atoms with van der Waals surface area (Å²) in [6.07, 6.45) is 3.37. The molecule has 1 heterocycles. The zero-order valence-corrected chi connectivity index (χ0v) is 14.4. The van der Waals surface area contributed by atoms with E-state index in [0.717, 1.165) is 43.0 Å². The maximum atomic E-state index is 13.1. The molecule has 3 unspecified atom stereocenters. The van der Waals surface area contributed by atoms with Gasteiger partial charge >= 0.3 is 0 Å². The third-order valence-corrected chi connectivity index (χ3v) is 6.01. The van der Waals surface area contributed by atoms with Crippen molar-refractivity contribution >= 4 is 17.7 Å². The molecule has 2 aliphatic rings. The summed E-state index contributed by atoms with van der Waals surface area (Å²) in [5.41, 5.74) is 6.96. The Morgan fingerprint density at radius 3 is 2.70 bits per heavy atom. The van der Waals surface area contributed by atoms with Crippen LogP contribution in [0, 0.1) is 5.92 Å². The number of amides is 1. The Balaban J connectivity index is 1.75. The van der Waals surface area contributed by atoms with Gasteiger partial charge in [0.2, 0.25) is 5.91 Å². The number of hydrogen-bond acceptors (Lipinski definition) is 4. The summed E-state index contributed by atoms with van der Waals surface area (Å²) >= 11 is 1.97. The van der Waals surface area contributed by atoms with Crippen LogP contribution < -0.4 is 11.1 Å². The summed E-state index contributed by atoms with van der Waals surface area (Å²) in [7, 11) is 0. The molecule has 5 heteroatoms. The number of nitrogens with two attached hydrogens (primary N) is 1. The molecule has 1 saturated carbocycles. The fourth-order valence-electron chi connectivity index (χ4n) is 3.77. The first-order chi connectivity index (χ1) is 11.3. The smallest absolute Gasteiger partial charge is 0.242 e. The van der Waals surface area contributed by atoms with Crippen LogP contribution in [0.1, 0.15) is 30.9 Å². The molecule has 0 aromatic heterocycles. The molecule has 2 fully saturated rings. The van der Waals surface area contributed by atoms with E-state index in [1.165, 1.54) is 6.42 Å². The molecule has 126 valence electrons. The van der Waals surface area contributed by atoms with Crippen molar-refractivity contribution < 1.29 is 4.79 Å². The second kappa shape index (κ2) is 8.18. The molecule has 1 aromatic carbocycles. The predicted molar refractivity (Wildman–Crippen MR) is 96.4 cm³/mol. The van der Waals surface area contributed by atoms with Crippen LogP contribution in [0.15, 0.2) is 30.3 Å². The lowest BCUT2D eigenvalue weighted by molar-refractivity contribution is -0.127. The summed E-state index contributed by atoms with van der Waals surface area (Å²) in [4.78, 5) is 15.4. The van der Waals surface area contributed by atoms with E-state index < -0.39 is 0 Å². The van der Waals surface area contributed by atoms with E-state index in [1.54, 1.807) is 0 Å². The minimum atomic E-state index is -0.170. The second-order valence-electron chi connectivity index (χ2n) is 6.50. The summed E-state index contributed by atoms with van der Waals surface area (Å²) in [5.74, 6) is 2.79. The van der Waals surface area contributed by atoms with Crippen LogP contribution in [0.5, 0.6) is 0 Å². The van der Waals surface area contributed by atoms with E-state index in [1.807, 2.05) is 30.0 Å². The van der Waals surface area contributed by atoms with E-state index >= 15 is 0 Å². The van der Waals surface area contributed by atoms with Gasteiger partial charge in [-0.15, -0.1) is 0 Å². The molecule has 1 aromatic rings. The molecular formula is C18H27N3OS. The first kappa shape index (κ1) is 16.8. The molecule has 3 N–H and O–H groups in total. The summed E-state index contributed by atoms with van der Waals surface area (Å²) in [5, 5.41) is 3.31. The molecule has 1 amide bonds. The van der Waals surface area contributed by atoms with Gasteiger partial charge in [0.15, 0.2) is 0 Å². The van der Waals surface area contributed by atoms with Gasteiger partial charge in [-0.05, 0) is 30.9 Å². The van der Waals surface area contributed by atoms with Crippen molar-refractivity contribution in [1.82, 2.24) is 10.2 Å². The van der Waals surface area contributed by atoms with Crippen LogP contribution in [0.4, 0.5) is 0 Å². The number of thioether (sulfide) groups is 1. The first-order valence-electron chi connectivity index (χ1n) is 8.67. The Hall–Kier alpha value is -1.04. The van der Waals surface area contributed by atoms with Crippen molar-refractivity contribution in [3.8, 4) is 0 Å². The van der Waals surface area contributed by atoms with Crippen LogP contribution in [-0.2, 0) is 4.79 Å². The monoisotopic (exact) mass is 333 g/mol. The van der Waals surface area contributed by atoms with Gasteiger partial charge in [-0.3, -0.25) is 9.69 Å². The Morgan fingerprint density at radius 1 is 1.26 bits per heavy atom. The van der Waals surface area contributed by atoms with Gasteiger partial charge in [0.1, 0.15) is 6.04 Å². The van der Waals surface area contributed by atoms with Crippen molar-refractivity contribution in [3.05, 3.63) is 35.9 Å². The SMILES string of the molecule is NCC1CCCC1NC(=O)C(c1ccccc1)N1CCSCC1. The minimum absolute atomic E-state index is 0.147. The fourth-order valence-corrected chi connectivity index (χ4v) is 4.70. The molecular weight excluding hydrogens is 306 g/mol. The third kappa shape index (κ3) is 4.08. The standard InChI is InChI=1S/C18H27N3OS/c19-13-15-7-4-8-16(15)20-18(22)17(14-5-2-1-3-6-14)21-9-11-23-12-10-21/h1-3,5-6,15-17H,4,7-13,19H2,(H,20,22). The quantitative estimate of drug-likeness (QED) is 0.865. The highest BCUT2D eigenvalue weighted by Crippen LogP contribution is 2.28. The van der Waals surface area contributed by atoms with Gasteiger partial charge in [0.05, 0.1) is 0 Å². The molecule has 23 heavy (non-hydrogen) atoms. The van der Waals surface area contributed by atoms with Crippen LogP contribution >= 0.6 is 11.8 Å². The topological polar surface area (TPSA) is 58.4 Å². The van der Waals surface area contributed by atoms with Gasteiger partial charge in [0.25, 0.3) is 0 Å². The van der Waals surface area contributed by atoms with Crippen LogP contribution in [0.25, 0.3) is 0 Å². The van der Waals surface area contributed by atoms with Crippen molar-refractivity contribution in [2.45, 2.75) is 31.3 Å². The lowest BCUT2D eigenvalue weighted by atomic mass is 10.0. The van der Waals surface area contributed by atoms with Crippen molar-refractivity contribution in [3.63, 3.8) is 0 Å². The number of nitrogens with one attached hydrogen (secondary N) is 1. The van der Waals surface area contributed by atoms with Gasteiger partial charge in [-0.1, -0.05) is 36.8 Å². The highest BCUT2D eigenvalue weighted by molar-refractivity contribution is 7.99. The van der Waals surface area contributed by atoms with E-state index in [2.05, 4.69) is 22.3 Å². The average molecular weight is 334 g/mol. The van der Waals surface area contributed by atoms with E-state index in [9.17, 15) is 4.79 Å². The van der Waals surface area contributed by atoms with Gasteiger partial charge in [-0.2, -0.15) is 11.8 Å². The van der Waals surface area contributed by atoms with E-state index in [0.29, 0.717) is 12.5 Å². The molecule has 1 aliphatic carbocycles. The number of hydrogen-bond donors (Lipinski definition) is 2. The summed E-state index contributed by atoms with van der Waals surface area (Å²) in [6, 6.07) is 10.3. The molecule has 3 atom stereocenters. The maximum Gasteiger partial charge on any atom is 0.242 e. The number of rotatable bonds is 5. The van der Waals surface area contributed by atoms with Crippen LogP contribution in [0.2, 0.25) is 0 Å². The highest BCUT2D eigenvalue weighted by Gasteiger charge is 2.33. The molecule has 4 nitrogen and oxygen atoms in total. The Morgan fingerprint density at radius 2 is 2.00 bits per heavy atom. The number of carbonyl (C=O) groups is 1. The highest BCUT2D eigenvalue weighted by atomic mass is 32.2. The molecule has 3 rings (SSSR count). The average Bonchev–Trinajstić information content (AvgIpc) is 3.04.